The largest absolute Gasteiger partial charge is 0.263 e. The minimum Gasteiger partial charge on any atom is -0.263 e. The number of H-pyrrole nitrogens is 1. The molecule has 0 aliphatic rings. The molecule has 2 rings (SSSR count). The first-order valence-electron chi connectivity index (χ1n) is 7.35. The van der Waals surface area contributed by atoms with Crippen LogP contribution in [0.4, 0.5) is 0 Å². The SMILES string of the molecule is CCCCCCCCCc1nc(-c2cccs2)n[nH]1. The number of aromatic nitrogens is 3. The Kier molecular flexibility index (Phi) is 6.08. The topological polar surface area (TPSA) is 41.6 Å². The van der Waals surface area contributed by atoms with Gasteiger partial charge in [-0.15, -0.1) is 11.3 Å². The number of nitrogens with one attached hydrogen (secondary N) is 1. The van der Waals surface area contributed by atoms with Gasteiger partial charge in [0.1, 0.15) is 5.82 Å². The molecule has 4 heteroatoms. The van der Waals surface area contributed by atoms with Gasteiger partial charge in [-0.25, -0.2) is 4.98 Å². The Morgan fingerprint density at radius 3 is 2.63 bits per heavy atom. The fourth-order valence-corrected chi connectivity index (χ4v) is 2.83. The molecule has 1 N–H and O–H groups in total. The fourth-order valence-electron chi connectivity index (χ4n) is 2.17. The van der Waals surface area contributed by atoms with Crippen molar-refractivity contribution in [3.05, 3.63) is 23.3 Å². The van der Waals surface area contributed by atoms with Gasteiger partial charge in [0.05, 0.1) is 4.88 Å². The van der Waals surface area contributed by atoms with Gasteiger partial charge in [0.2, 0.25) is 0 Å². The predicted octanol–water partition coefficient (Wildman–Crippen LogP) is 4.83. The molecule has 0 amide bonds. The number of unbranched alkanes of at least 4 members (excludes halogenated alkanes) is 6. The zero-order valence-corrected chi connectivity index (χ0v) is 12.5. The third-order valence-electron chi connectivity index (χ3n) is 3.29. The maximum absolute atomic E-state index is 4.54. The smallest absolute Gasteiger partial charge is 0.191 e. The Morgan fingerprint density at radius 2 is 1.89 bits per heavy atom. The molecular formula is C15H23N3S. The summed E-state index contributed by atoms with van der Waals surface area (Å²) >= 11 is 1.68. The van der Waals surface area contributed by atoms with E-state index in [0.29, 0.717) is 0 Å². The third-order valence-corrected chi connectivity index (χ3v) is 4.16. The standard InChI is InChI=1S/C15H23N3S/c1-2-3-4-5-6-7-8-11-14-16-15(18-17-14)13-10-9-12-19-13/h9-10,12H,2-8,11H2,1H3,(H,16,17,18). The summed E-state index contributed by atoms with van der Waals surface area (Å²) in [5, 5.41) is 9.38. The van der Waals surface area contributed by atoms with Crippen LogP contribution >= 0.6 is 11.3 Å². The van der Waals surface area contributed by atoms with Gasteiger partial charge in [-0.1, -0.05) is 51.5 Å². The van der Waals surface area contributed by atoms with E-state index < -0.39 is 0 Å². The summed E-state index contributed by atoms with van der Waals surface area (Å²) < 4.78 is 0. The highest BCUT2D eigenvalue weighted by molar-refractivity contribution is 7.13. The highest BCUT2D eigenvalue weighted by atomic mass is 32.1. The lowest BCUT2D eigenvalue weighted by Crippen LogP contribution is -1.89. The molecule has 2 aromatic rings. The molecule has 0 aliphatic heterocycles. The van der Waals surface area contributed by atoms with Gasteiger partial charge in [-0.05, 0) is 17.9 Å². The van der Waals surface area contributed by atoms with Crippen LogP contribution in [0.3, 0.4) is 0 Å². The summed E-state index contributed by atoms with van der Waals surface area (Å²) in [5.41, 5.74) is 0. The molecule has 0 bridgehead atoms. The van der Waals surface area contributed by atoms with Crippen molar-refractivity contribution in [2.45, 2.75) is 58.3 Å². The number of aryl methyl sites for hydroxylation is 1. The van der Waals surface area contributed by atoms with Crippen molar-refractivity contribution in [1.29, 1.82) is 0 Å². The van der Waals surface area contributed by atoms with Crippen LogP contribution in [0.2, 0.25) is 0 Å². The molecule has 0 aromatic carbocycles. The number of hydrogen-bond donors (Lipinski definition) is 1. The quantitative estimate of drug-likeness (QED) is 0.667. The number of thiophene rings is 1. The molecular weight excluding hydrogens is 254 g/mol. The van der Waals surface area contributed by atoms with Crippen molar-refractivity contribution in [2.75, 3.05) is 0 Å². The number of hydrogen-bond acceptors (Lipinski definition) is 3. The minimum atomic E-state index is 0.841. The van der Waals surface area contributed by atoms with Crippen LogP contribution < -0.4 is 0 Å². The van der Waals surface area contributed by atoms with Gasteiger partial charge < -0.3 is 0 Å². The summed E-state index contributed by atoms with van der Waals surface area (Å²) in [6, 6.07) is 4.09. The summed E-state index contributed by atoms with van der Waals surface area (Å²) in [4.78, 5) is 5.68. The Morgan fingerprint density at radius 1 is 1.11 bits per heavy atom. The van der Waals surface area contributed by atoms with Gasteiger partial charge in [-0.3, -0.25) is 5.10 Å². The van der Waals surface area contributed by atoms with Crippen molar-refractivity contribution < 1.29 is 0 Å². The van der Waals surface area contributed by atoms with Crippen molar-refractivity contribution in [3.63, 3.8) is 0 Å². The maximum atomic E-state index is 4.54. The monoisotopic (exact) mass is 277 g/mol. The van der Waals surface area contributed by atoms with Crippen LogP contribution in [0.5, 0.6) is 0 Å². The van der Waals surface area contributed by atoms with Crippen molar-refractivity contribution in [3.8, 4) is 10.7 Å². The molecule has 0 spiro atoms. The molecule has 0 aliphatic carbocycles. The van der Waals surface area contributed by atoms with E-state index >= 15 is 0 Å². The molecule has 2 heterocycles. The van der Waals surface area contributed by atoms with Crippen LogP contribution in [0.25, 0.3) is 10.7 Å². The van der Waals surface area contributed by atoms with Gasteiger partial charge in [0.25, 0.3) is 0 Å². The first-order valence-corrected chi connectivity index (χ1v) is 8.23. The number of rotatable bonds is 9. The van der Waals surface area contributed by atoms with Crippen LogP contribution in [0.15, 0.2) is 17.5 Å². The van der Waals surface area contributed by atoms with Crippen molar-refractivity contribution >= 4 is 11.3 Å². The molecule has 0 fully saturated rings. The summed E-state index contributed by atoms with van der Waals surface area (Å²) in [6.45, 7) is 2.26. The Hall–Kier alpha value is -1.16. The fraction of sp³-hybridized carbons (Fsp3) is 0.600. The summed E-state index contributed by atoms with van der Waals surface area (Å²) in [7, 11) is 0. The molecule has 19 heavy (non-hydrogen) atoms. The lowest BCUT2D eigenvalue weighted by molar-refractivity contribution is 0.585. The molecule has 2 aromatic heterocycles. The maximum Gasteiger partial charge on any atom is 0.191 e. The Bertz CT molecular complexity index is 448. The lowest BCUT2D eigenvalue weighted by atomic mass is 10.1. The summed E-state index contributed by atoms with van der Waals surface area (Å²) in [6.07, 6.45) is 10.4. The zero-order valence-electron chi connectivity index (χ0n) is 11.7. The van der Waals surface area contributed by atoms with E-state index in [1.165, 1.54) is 44.9 Å². The Labute approximate surface area is 119 Å². The average Bonchev–Trinajstić information content (AvgIpc) is 3.08. The van der Waals surface area contributed by atoms with Crippen LogP contribution in [0, 0.1) is 0 Å². The second kappa shape index (κ2) is 8.10. The molecule has 0 saturated carbocycles. The summed E-state index contributed by atoms with van der Waals surface area (Å²) in [5.74, 6) is 1.87. The first kappa shape index (κ1) is 14.3. The second-order valence-electron chi connectivity index (χ2n) is 4.95. The van der Waals surface area contributed by atoms with Crippen LogP contribution in [-0.2, 0) is 6.42 Å². The molecule has 0 unspecified atom stereocenters. The average molecular weight is 277 g/mol. The lowest BCUT2D eigenvalue weighted by Gasteiger charge is -1.99. The van der Waals surface area contributed by atoms with E-state index in [1.54, 1.807) is 11.3 Å². The first-order chi connectivity index (χ1) is 9.40. The molecule has 3 nitrogen and oxygen atoms in total. The zero-order chi connectivity index (χ0) is 13.3. The second-order valence-corrected chi connectivity index (χ2v) is 5.90. The normalized spacial score (nSPS) is 11.0. The van der Waals surface area contributed by atoms with Gasteiger partial charge in [-0.2, -0.15) is 5.10 Å². The minimum absolute atomic E-state index is 0.841. The third kappa shape index (κ3) is 4.78. The van der Waals surface area contributed by atoms with Gasteiger partial charge >= 0.3 is 0 Å². The Balaban J connectivity index is 1.64. The van der Waals surface area contributed by atoms with E-state index in [1.807, 2.05) is 6.07 Å². The highest BCUT2D eigenvalue weighted by Gasteiger charge is 2.06. The number of aromatic amines is 1. The van der Waals surface area contributed by atoms with Gasteiger partial charge in [0, 0.05) is 6.42 Å². The van der Waals surface area contributed by atoms with Gasteiger partial charge in [0.15, 0.2) is 5.82 Å². The van der Waals surface area contributed by atoms with E-state index in [0.717, 1.165) is 22.9 Å². The highest BCUT2D eigenvalue weighted by Crippen LogP contribution is 2.20. The van der Waals surface area contributed by atoms with Crippen LogP contribution in [-0.4, -0.2) is 15.2 Å². The van der Waals surface area contributed by atoms with E-state index in [2.05, 4.69) is 33.6 Å². The molecule has 104 valence electrons. The predicted molar refractivity (Wildman–Crippen MR) is 81.4 cm³/mol. The van der Waals surface area contributed by atoms with Crippen LogP contribution in [0.1, 0.15) is 57.7 Å². The molecule has 0 atom stereocenters. The van der Waals surface area contributed by atoms with Crippen molar-refractivity contribution in [1.82, 2.24) is 15.2 Å². The van der Waals surface area contributed by atoms with E-state index in [4.69, 9.17) is 0 Å². The molecule has 0 saturated heterocycles. The molecule has 0 radical (unpaired) electrons. The number of nitrogens with zero attached hydrogens (tertiary/aromatic N) is 2. The van der Waals surface area contributed by atoms with E-state index in [9.17, 15) is 0 Å². The van der Waals surface area contributed by atoms with Crippen molar-refractivity contribution in [2.24, 2.45) is 0 Å². The van der Waals surface area contributed by atoms with E-state index in [-0.39, 0.29) is 0 Å².